The third kappa shape index (κ3) is 4.00. The Hall–Kier alpha value is -2.90. The Balaban J connectivity index is 1.71. The summed E-state index contributed by atoms with van der Waals surface area (Å²) in [5.41, 5.74) is 1.02. The molecule has 1 amide bonds. The number of thiophene rings is 2. The molecule has 1 atom stereocenters. The van der Waals surface area contributed by atoms with Gasteiger partial charge in [0.1, 0.15) is 10.8 Å². The molecule has 4 rings (SSSR count). The highest BCUT2D eigenvalue weighted by molar-refractivity contribution is 7.16. The largest absolute Gasteiger partial charge is 0.459 e. The van der Waals surface area contributed by atoms with Crippen LogP contribution in [0, 0.1) is 0 Å². The minimum Gasteiger partial charge on any atom is -0.459 e. The van der Waals surface area contributed by atoms with Crippen molar-refractivity contribution in [3.63, 3.8) is 0 Å². The van der Waals surface area contributed by atoms with E-state index < -0.39 is 0 Å². The van der Waals surface area contributed by atoms with Crippen LogP contribution in [0.3, 0.4) is 0 Å². The second-order valence-corrected chi connectivity index (χ2v) is 8.21. The van der Waals surface area contributed by atoms with Gasteiger partial charge in [-0.2, -0.15) is 0 Å². The van der Waals surface area contributed by atoms with Crippen molar-refractivity contribution in [3.05, 3.63) is 87.4 Å². The first kappa shape index (κ1) is 18.5. The minimum atomic E-state index is -0.251. The predicted molar refractivity (Wildman–Crippen MR) is 114 cm³/mol. The average molecular weight is 410 g/mol. The number of carbonyl (C=O) groups is 1. The van der Waals surface area contributed by atoms with Crippen molar-refractivity contribution in [1.82, 2.24) is 4.98 Å². The van der Waals surface area contributed by atoms with Crippen molar-refractivity contribution in [2.24, 2.45) is 0 Å². The van der Waals surface area contributed by atoms with Gasteiger partial charge in [-0.15, -0.1) is 22.7 Å². The molecule has 0 fully saturated rings. The van der Waals surface area contributed by atoms with Gasteiger partial charge in [-0.1, -0.05) is 19.1 Å². The number of anilines is 2. The summed E-state index contributed by atoms with van der Waals surface area (Å²) in [5.74, 6) is 0.828. The van der Waals surface area contributed by atoms with E-state index in [1.807, 2.05) is 24.3 Å². The van der Waals surface area contributed by atoms with E-state index in [2.05, 4.69) is 40.1 Å². The van der Waals surface area contributed by atoms with Crippen molar-refractivity contribution in [2.75, 3.05) is 10.6 Å². The van der Waals surface area contributed by atoms with Crippen molar-refractivity contribution in [1.29, 1.82) is 0 Å². The number of furan rings is 1. The highest BCUT2D eigenvalue weighted by Gasteiger charge is 2.23. The SMILES string of the molecule is CCc1cc([C@@H](Nc2ccccn2)c2cccs2)c(NC(=O)c2ccco2)s1. The molecule has 0 aliphatic carbocycles. The molecule has 4 aromatic heterocycles. The molecule has 2 N–H and O–H groups in total. The standard InChI is InChI=1S/C21H19N3O2S2/c1-2-14-13-15(21(28-14)24-20(25)16-7-5-11-26-16)19(17-8-6-12-27-17)23-18-9-3-4-10-22-18/h3-13,19H,2H2,1H3,(H,22,23)(H,24,25)/t19-/m1/s1. The molecule has 0 spiro atoms. The van der Waals surface area contributed by atoms with Crippen LogP contribution in [0.1, 0.15) is 38.8 Å². The molecule has 0 aliphatic rings. The number of aryl methyl sites for hydroxylation is 1. The van der Waals surface area contributed by atoms with Gasteiger partial charge in [0.2, 0.25) is 0 Å². The smallest absolute Gasteiger partial charge is 0.291 e. The number of hydrogen-bond donors (Lipinski definition) is 2. The number of aromatic nitrogens is 1. The Morgan fingerprint density at radius 2 is 2.14 bits per heavy atom. The highest BCUT2D eigenvalue weighted by atomic mass is 32.1. The van der Waals surface area contributed by atoms with Gasteiger partial charge in [0.15, 0.2) is 5.76 Å². The number of nitrogens with one attached hydrogen (secondary N) is 2. The molecular weight excluding hydrogens is 390 g/mol. The normalized spacial score (nSPS) is 11.9. The molecule has 0 unspecified atom stereocenters. The van der Waals surface area contributed by atoms with Crippen LogP contribution in [0.4, 0.5) is 10.8 Å². The molecular formula is C21H19N3O2S2. The molecule has 5 nitrogen and oxygen atoms in total. The fourth-order valence-electron chi connectivity index (χ4n) is 2.87. The molecule has 0 bridgehead atoms. The quantitative estimate of drug-likeness (QED) is 0.404. The van der Waals surface area contributed by atoms with Crippen molar-refractivity contribution >= 4 is 39.4 Å². The lowest BCUT2D eigenvalue weighted by Crippen LogP contribution is -2.16. The topological polar surface area (TPSA) is 67.2 Å². The third-order valence-corrected chi connectivity index (χ3v) is 6.38. The zero-order valence-electron chi connectivity index (χ0n) is 15.2. The summed E-state index contributed by atoms with van der Waals surface area (Å²) in [6.07, 6.45) is 4.16. The lowest BCUT2D eigenvalue weighted by molar-refractivity contribution is 0.0997. The van der Waals surface area contributed by atoms with E-state index in [-0.39, 0.29) is 11.9 Å². The number of carbonyl (C=O) groups excluding carboxylic acids is 1. The number of amides is 1. The first-order valence-corrected chi connectivity index (χ1v) is 10.6. The van der Waals surface area contributed by atoms with Crippen LogP contribution in [0.5, 0.6) is 0 Å². The third-order valence-electron chi connectivity index (χ3n) is 4.23. The number of nitrogens with zero attached hydrogens (tertiary/aromatic N) is 1. The lowest BCUT2D eigenvalue weighted by Gasteiger charge is -2.19. The summed E-state index contributed by atoms with van der Waals surface area (Å²) in [7, 11) is 0. The van der Waals surface area contributed by atoms with Crippen LogP contribution in [0.2, 0.25) is 0 Å². The number of rotatable bonds is 7. The zero-order chi connectivity index (χ0) is 19.3. The lowest BCUT2D eigenvalue weighted by atomic mass is 10.1. The molecule has 4 aromatic rings. The van der Waals surface area contributed by atoms with E-state index in [0.717, 1.165) is 27.7 Å². The Labute approximate surface area is 171 Å². The van der Waals surface area contributed by atoms with Gasteiger partial charge in [0, 0.05) is 21.5 Å². The Morgan fingerprint density at radius 1 is 1.21 bits per heavy atom. The maximum absolute atomic E-state index is 12.6. The fourth-order valence-corrected chi connectivity index (χ4v) is 4.70. The number of pyridine rings is 1. The molecule has 0 aliphatic heterocycles. The van der Waals surface area contributed by atoms with Crippen LogP contribution in [-0.4, -0.2) is 10.9 Å². The van der Waals surface area contributed by atoms with Crippen LogP contribution in [0.15, 0.2) is 70.8 Å². The van der Waals surface area contributed by atoms with Crippen LogP contribution in [0.25, 0.3) is 0 Å². The highest BCUT2D eigenvalue weighted by Crippen LogP contribution is 2.39. The van der Waals surface area contributed by atoms with Gasteiger partial charge >= 0.3 is 0 Å². The van der Waals surface area contributed by atoms with Gasteiger partial charge in [-0.05, 0) is 48.2 Å². The fraction of sp³-hybridized carbons (Fsp3) is 0.143. The van der Waals surface area contributed by atoms with Crippen LogP contribution in [-0.2, 0) is 6.42 Å². The molecule has 142 valence electrons. The molecule has 7 heteroatoms. The van der Waals surface area contributed by atoms with E-state index in [4.69, 9.17) is 4.42 Å². The second kappa shape index (κ2) is 8.41. The molecule has 0 aromatic carbocycles. The summed E-state index contributed by atoms with van der Waals surface area (Å²) >= 11 is 3.26. The van der Waals surface area contributed by atoms with E-state index in [0.29, 0.717) is 5.76 Å². The summed E-state index contributed by atoms with van der Waals surface area (Å²) in [4.78, 5) is 19.3. The van der Waals surface area contributed by atoms with Crippen molar-refractivity contribution < 1.29 is 9.21 Å². The summed E-state index contributed by atoms with van der Waals surface area (Å²) < 4.78 is 5.24. The predicted octanol–water partition coefficient (Wildman–Crippen LogP) is 5.81. The summed E-state index contributed by atoms with van der Waals surface area (Å²) in [6.45, 7) is 2.11. The van der Waals surface area contributed by atoms with Crippen LogP contribution >= 0.6 is 22.7 Å². The minimum absolute atomic E-state index is 0.113. The van der Waals surface area contributed by atoms with Gasteiger partial charge < -0.3 is 15.1 Å². The van der Waals surface area contributed by atoms with E-state index >= 15 is 0 Å². The van der Waals surface area contributed by atoms with Crippen molar-refractivity contribution in [3.8, 4) is 0 Å². The van der Waals surface area contributed by atoms with Gasteiger partial charge in [0.25, 0.3) is 5.91 Å². The van der Waals surface area contributed by atoms with E-state index in [1.165, 1.54) is 11.1 Å². The first-order valence-electron chi connectivity index (χ1n) is 8.93. The molecule has 28 heavy (non-hydrogen) atoms. The number of hydrogen-bond acceptors (Lipinski definition) is 6. The monoisotopic (exact) mass is 409 g/mol. The molecule has 0 saturated heterocycles. The molecule has 0 saturated carbocycles. The average Bonchev–Trinajstić information content (AvgIpc) is 3.48. The van der Waals surface area contributed by atoms with E-state index in [9.17, 15) is 4.79 Å². The maximum Gasteiger partial charge on any atom is 0.291 e. The van der Waals surface area contributed by atoms with Crippen molar-refractivity contribution in [2.45, 2.75) is 19.4 Å². The summed E-state index contributed by atoms with van der Waals surface area (Å²) in [5, 5.41) is 9.41. The van der Waals surface area contributed by atoms with Gasteiger partial charge in [0.05, 0.1) is 12.3 Å². The Bertz CT molecular complexity index is 1030. The Kier molecular flexibility index (Phi) is 5.55. The van der Waals surface area contributed by atoms with E-state index in [1.54, 1.807) is 41.0 Å². The zero-order valence-corrected chi connectivity index (χ0v) is 16.8. The second-order valence-electron chi connectivity index (χ2n) is 6.09. The van der Waals surface area contributed by atoms with Crippen LogP contribution < -0.4 is 10.6 Å². The summed E-state index contributed by atoms with van der Waals surface area (Å²) in [6, 6.07) is 15.3. The molecule has 4 heterocycles. The van der Waals surface area contributed by atoms with Gasteiger partial charge in [-0.25, -0.2) is 4.98 Å². The van der Waals surface area contributed by atoms with Gasteiger partial charge in [-0.3, -0.25) is 4.79 Å². The Morgan fingerprint density at radius 3 is 2.82 bits per heavy atom. The molecule has 0 radical (unpaired) electrons. The maximum atomic E-state index is 12.6. The first-order chi connectivity index (χ1) is 13.7.